The number of rotatable bonds is 5. The molecule has 0 aromatic rings. The maximum atomic E-state index is 11.2. The standard InChI is InChI=1S/C9H15NO5/c1-6(11)10-7(9(13)15-3)4-5-8(12)14-2/h7H,4-5H2,1-3H3,(H,10,11). The van der Waals surface area contributed by atoms with E-state index in [0.29, 0.717) is 0 Å². The highest BCUT2D eigenvalue weighted by Crippen LogP contribution is 2.01. The highest BCUT2D eigenvalue weighted by Gasteiger charge is 2.21. The zero-order valence-corrected chi connectivity index (χ0v) is 9.03. The van der Waals surface area contributed by atoms with E-state index in [0.717, 1.165) is 0 Å². The fourth-order valence-corrected chi connectivity index (χ4v) is 1.00. The Morgan fingerprint density at radius 2 is 1.80 bits per heavy atom. The van der Waals surface area contributed by atoms with Gasteiger partial charge in [0.1, 0.15) is 6.04 Å². The van der Waals surface area contributed by atoms with Gasteiger partial charge in [-0.25, -0.2) is 4.79 Å². The van der Waals surface area contributed by atoms with Crippen LogP contribution in [0.4, 0.5) is 0 Å². The van der Waals surface area contributed by atoms with Crippen LogP contribution in [0.3, 0.4) is 0 Å². The fourth-order valence-electron chi connectivity index (χ4n) is 1.00. The van der Waals surface area contributed by atoms with E-state index in [1.165, 1.54) is 21.1 Å². The molecule has 0 saturated carbocycles. The maximum Gasteiger partial charge on any atom is 0.328 e. The molecule has 1 atom stereocenters. The molecule has 0 aliphatic carbocycles. The quantitative estimate of drug-likeness (QED) is 0.635. The van der Waals surface area contributed by atoms with Crippen molar-refractivity contribution in [3.63, 3.8) is 0 Å². The van der Waals surface area contributed by atoms with Gasteiger partial charge in [-0.05, 0) is 6.42 Å². The Kier molecular flexibility index (Phi) is 6.08. The number of esters is 2. The van der Waals surface area contributed by atoms with Crippen molar-refractivity contribution in [1.29, 1.82) is 0 Å². The zero-order chi connectivity index (χ0) is 11.8. The molecule has 6 heteroatoms. The van der Waals surface area contributed by atoms with E-state index in [1.807, 2.05) is 0 Å². The van der Waals surface area contributed by atoms with E-state index in [1.54, 1.807) is 0 Å². The molecule has 0 heterocycles. The van der Waals surface area contributed by atoms with Crippen LogP contribution in [0.25, 0.3) is 0 Å². The van der Waals surface area contributed by atoms with Crippen molar-refractivity contribution < 1.29 is 23.9 Å². The number of hydrogen-bond acceptors (Lipinski definition) is 5. The van der Waals surface area contributed by atoms with E-state index < -0.39 is 18.0 Å². The molecule has 86 valence electrons. The first kappa shape index (κ1) is 13.4. The summed E-state index contributed by atoms with van der Waals surface area (Å²) in [5, 5.41) is 2.39. The maximum absolute atomic E-state index is 11.2. The third-order valence-corrected chi connectivity index (χ3v) is 1.73. The molecule has 0 aromatic heterocycles. The molecule has 0 bridgehead atoms. The van der Waals surface area contributed by atoms with Crippen LogP contribution in [0.1, 0.15) is 19.8 Å². The Labute approximate surface area is 87.9 Å². The minimum absolute atomic E-state index is 0.0521. The van der Waals surface area contributed by atoms with E-state index in [2.05, 4.69) is 14.8 Å². The SMILES string of the molecule is COC(=O)CCC(NC(C)=O)C(=O)OC. The summed E-state index contributed by atoms with van der Waals surface area (Å²) in [6.45, 7) is 1.29. The second-order valence-corrected chi connectivity index (χ2v) is 2.89. The van der Waals surface area contributed by atoms with Gasteiger partial charge in [0.25, 0.3) is 0 Å². The van der Waals surface area contributed by atoms with Crippen LogP contribution in [0.5, 0.6) is 0 Å². The number of methoxy groups -OCH3 is 2. The highest BCUT2D eigenvalue weighted by atomic mass is 16.5. The van der Waals surface area contributed by atoms with Crippen molar-refractivity contribution in [2.24, 2.45) is 0 Å². The Bertz CT molecular complexity index is 251. The Morgan fingerprint density at radius 3 is 2.20 bits per heavy atom. The number of amides is 1. The summed E-state index contributed by atoms with van der Waals surface area (Å²) in [6.07, 6.45) is 0.218. The van der Waals surface area contributed by atoms with Crippen molar-refractivity contribution in [3.05, 3.63) is 0 Å². The summed E-state index contributed by atoms with van der Waals surface area (Å²) in [5.41, 5.74) is 0. The lowest BCUT2D eigenvalue weighted by Crippen LogP contribution is -2.40. The van der Waals surface area contributed by atoms with Gasteiger partial charge >= 0.3 is 11.9 Å². The normalized spacial score (nSPS) is 11.4. The number of ether oxygens (including phenoxy) is 2. The van der Waals surface area contributed by atoms with Gasteiger partial charge < -0.3 is 14.8 Å². The van der Waals surface area contributed by atoms with Crippen molar-refractivity contribution in [3.8, 4) is 0 Å². The van der Waals surface area contributed by atoms with Gasteiger partial charge in [-0.1, -0.05) is 0 Å². The predicted molar refractivity (Wildman–Crippen MR) is 50.9 cm³/mol. The molecule has 0 aliphatic heterocycles. The minimum atomic E-state index is -0.799. The summed E-state index contributed by atoms with van der Waals surface area (Å²) >= 11 is 0. The van der Waals surface area contributed by atoms with E-state index in [-0.39, 0.29) is 18.7 Å². The fraction of sp³-hybridized carbons (Fsp3) is 0.667. The average Bonchev–Trinajstić information content (AvgIpc) is 2.21. The predicted octanol–water partition coefficient (Wildman–Crippen LogP) is -0.383. The molecule has 1 N–H and O–H groups in total. The molecule has 0 fully saturated rings. The largest absolute Gasteiger partial charge is 0.469 e. The Hall–Kier alpha value is -1.59. The van der Waals surface area contributed by atoms with Gasteiger partial charge in [0.2, 0.25) is 5.91 Å². The molecule has 0 aliphatic rings. The molecular formula is C9H15NO5. The topological polar surface area (TPSA) is 81.7 Å². The molecule has 15 heavy (non-hydrogen) atoms. The second kappa shape index (κ2) is 6.80. The molecule has 1 unspecified atom stereocenters. The molecular weight excluding hydrogens is 202 g/mol. The Balaban J connectivity index is 4.18. The van der Waals surface area contributed by atoms with Gasteiger partial charge in [-0.2, -0.15) is 0 Å². The molecule has 6 nitrogen and oxygen atoms in total. The number of nitrogens with one attached hydrogen (secondary N) is 1. The summed E-state index contributed by atoms with van der Waals surface area (Å²) in [5.74, 6) is -1.36. The molecule has 1 amide bonds. The lowest BCUT2D eigenvalue weighted by molar-refractivity contribution is -0.146. The number of carbonyl (C=O) groups is 3. The van der Waals surface area contributed by atoms with E-state index in [9.17, 15) is 14.4 Å². The minimum Gasteiger partial charge on any atom is -0.469 e. The van der Waals surface area contributed by atoms with E-state index in [4.69, 9.17) is 0 Å². The first-order chi connectivity index (χ1) is 7.01. The lowest BCUT2D eigenvalue weighted by Gasteiger charge is -2.14. The molecule has 0 spiro atoms. The van der Waals surface area contributed by atoms with Gasteiger partial charge in [-0.15, -0.1) is 0 Å². The van der Waals surface area contributed by atoms with Crippen LogP contribution in [0.2, 0.25) is 0 Å². The lowest BCUT2D eigenvalue weighted by atomic mass is 10.1. The van der Waals surface area contributed by atoms with Gasteiger partial charge in [0.15, 0.2) is 0 Å². The van der Waals surface area contributed by atoms with Gasteiger partial charge in [0, 0.05) is 13.3 Å². The van der Waals surface area contributed by atoms with Crippen LogP contribution >= 0.6 is 0 Å². The van der Waals surface area contributed by atoms with Gasteiger partial charge in [0.05, 0.1) is 14.2 Å². The van der Waals surface area contributed by atoms with Crippen LogP contribution in [-0.2, 0) is 23.9 Å². The highest BCUT2D eigenvalue weighted by molar-refractivity contribution is 5.83. The number of hydrogen-bond donors (Lipinski definition) is 1. The smallest absolute Gasteiger partial charge is 0.328 e. The molecule has 0 radical (unpaired) electrons. The number of carbonyl (C=O) groups excluding carboxylic acids is 3. The Morgan fingerprint density at radius 1 is 1.20 bits per heavy atom. The molecule has 0 saturated heterocycles. The average molecular weight is 217 g/mol. The van der Waals surface area contributed by atoms with Crippen LogP contribution in [0, 0.1) is 0 Å². The summed E-state index contributed by atoms with van der Waals surface area (Å²) in [6, 6.07) is -0.799. The van der Waals surface area contributed by atoms with Crippen molar-refractivity contribution in [2.75, 3.05) is 14.2 Å². The summed E-state index contributed by atoms with van der Waals surface area (Å²) in [7, 11) is 2.48. The van der Waals surface area contributed by atoms with Crippen LogP contribution < -0.4 is 5.32 Å². The van der Waals surface area contributed by atoms with E-state index >= 15 is 0 Å². The first-order valence-corrected chi connectivity index (χ1v) is 4.43. The van der Waals surface area contributed by atoms with Gasteiger partial charge in [-0.3, -0.25) is 9.59 Å². The third-order valence-electron chi connectivity index (χ3n) is 1.73. The molecule has 0 aromatic carbocycles. The summed E-state index contributed by atoms with van der Waals surface area (Å²) in [4.78, 5) is 32.7. The molecule has 0 rings (SSSR count). The van der Waals surface area contributed by atoms with Crippen molar-refractivity contribution >= 4 is 17.8 Å². The zero-order valence-electron chi connectivity index (χ0n) is 9.03. The van der Waals surface area contributed by atoms with Crippen LogP contribution in [-0.4, -0.2) is 38.1 Å². The first-order valence-electron chi connectivity index (χ1n) is 4.43. The second-order valence-electron chi connectivity index (χ2n) is 2.89. The van der Waals surface area contributed by atoms with Crippen molar-refractivity contribution in [2.45, 2.75) is 25.8 Å². The monoisotopic (exact) mass is 217 g/mol. The van der Waals surface area contributed by atoms with Crippen LogP contribution in [0.15, 0.2) is 0 Å². The summed E-state index contributed by atoms with van der Waals surface area (Å²) < 4.78 is 8.89. The van der Waals surface area contributed by atoms with Crippen molar-refractivity contribution in [1.82, 2.24) is 5.32 Å². The third kappa shape index (κ3) is 5.66.